The van der Waals surface area contributed by atoms with Gasteiger partial charge in [0.1, 0.15) is 32.8 Å². The number of sulfonamides is 2. The van der Waals surface area contributed by atoms with Crippen LogP contribution in [0.15, 0.2) is 179 Å². The SMILES string of the molecule is CCCCCCCCCCCCOCCCN1C(C(C(=O)Nc2cc(C)ccc2Sc2cc(OCCCCCCCC)ccc2OCCCCCCCC)N2C(=O)OC(C)(C)C2=O)=Nc2ccccc2S1(=O)=O.COc1ccc(Sc2cc(C)ccc2C)c(NC(=O)C(C2=Nc3ccccc3S(=O)(=O)N2CCCOc2ccc(C)cc2C)N2C(=O)OC(C)(C)C2=O)c1. The number of nitrogens with one attached hydrogen (secondary N) is 2. The summed E-state index contributed by atoms with van der Waals surface area (Å²) in [6.45, 7) is 23.8. The molecular weight excluding hydrogens is 1690 g/mol. The predicted molar refractivity (Wildman–Crippen MR) is 500 cm³/mol. The second-order valence-corrected chi connectivity index (χ2v) is 39.5. The smallest absolute Gasteiger partial charge is 0.418 e. The Balaban J connectivity index is 0.000000276. The van der Waals surface area contributed by atoms with Gasteiger partial charge in [-0.3, -0.25) is 27.8 Å². The molecule has 29 heteroatoms. The topological polar surface area (TPSA) is 297 Å². The fraction of sp³-hybridized carbons (Fsp3) is 0.490. The van der Waals surface area contributed by atoms with Gasteiger partial charge in [-0.05, 0) is 189 Å². The minimum absolute atomic E-state index is 0.0510. The maximum atomic E-state index is 15.2. The van der Waals surface area contributed by atoms with E-state index < -0.39 is 79.1 Å². The Hall–Kier alpha value is -9.94. The van der Waals surface area contributed by atoms with E-state index in [1.165, 1.54) is 172 Å². The van der Waals surface area contributed by atoms with Crippen molar-refractivity contribution in [2.75, 3.05) is 63.9 Å². The Morgan fingerprint density at radius 3 is 1.32 bits per heavy atom. The summed E-state index contributed by atoms with van der Waals surface area (Å²) in [5.74, 6) is -1.54. The summed E-state index contributed by atoms with van der Waals surface area (Å²) in [5, 5.41) is 5.90. The van der Waals surface area contributed by atoms with Crippen molar-refractivity contribution >= 4 is 114 Å². The number of imide groups is 2. The van der Waals surface area contributed by atoms with Crippen LogP contribution in [0.25, 0.3) is 0 Å². The van der Waals surface area contributed by atoms with E-state index >= 15 is 4.79 Å². The summed E-state index contributed by atoms with van der Waals surface area (Å²) < 4.78 is 101. The van der Waals surface area contributed by atoms with E-state index in [4.69, 9.17) is 38.2 Å². The maximum absolute atomic E-state index is 15.2. The number of nitrogens with zero attached hydrogens (tertiary/aromatic N) is 6. The zero-order chi connectivity index (χ0) is 91.4. The molecule has 0 spiro atoms. The summed E-state index contributed by atoms with van der Waals surface area (Å²) in [5.41, 5.74) is 2.46. The lowest BCUT2D eigenvalue weighted by Crippen LogP contribution is -2.59. The lowest BCUT2D eigenvalue weighted by Gasteiger charge is -2.35. The highest BCUT2D eigenvalue weighted by molar-refractivity contribution is 8.00. The first-order valence-electron chi connectivity index (χ1n) is 45.0. The number of amides is 6. The minimum Gasteiger partial charge on any atom is -0.497 e. The van der Waals surface area contributed by atoms with Crippen molar-refractivity contribution in [2.45, 2.75) is 290 Å². The van der Waals surface area contributed by atoms with Crippen LogP contribution in [0.1, 0.15) is 230 Å². The molecule has 2 fully saturated rings. The highest BCUT2D eigenvalue weighted by Gasteiger charge is 2.57. The number of amidine groups is 2. The molecule has 6 amide bonds. The van der Waals surface area contributed by atoms with Crippen molar-refractivity contribution in [2.24, 2.45) is 9.98 Å². The molecule has 4 heterocycles. The summed E-state index contributed by atoms with van der Waals surface area (Å²) in [6, 6.07) is 37.1. The Morgan fingerprint density at radius 1 is 0.417 bits per heavy atom. The first-order valence-corrected chi connectivity index (χ1v) is 49.5. The average Bonchev–Trinajstić information content (AvgIpc) is 1.72. The largest absolute Gasteiger partial charge is 0.497 e. The second-order valence-electron chi connectivity index (χ2n) is 33.7. The van der Waals surface area contributed by atoms with Crippen LogP contribution in [-0.4, -0.2) is 159 Å². The number of methoxy groups -OCH3 is 1. The van der Waals surface area contributed by atoms with Crippen LogP contribution in [0.3, 0.4) is 0 Å². The molecule has 0 bridgehead atoms. The van der Waals surface area contributed by atoms with E-state index in [0.717, 1.165) is 97.6 Å². The number of rotatable bonds is 49. The molecule has 2 saturated heterocycles. The van der Waals surface area contributed by atoms with Gasteiger partial charge in [0.15, 0.2) is 35.0 Å². The van der Waals surface area contributed by atoms with Gasteiger partial charge in [0.25, 0.3) is 43.7 Å². The van der Waals surface area contributed by atoms with Crippen LogP contribution in [-0.2, 0) is 53.4 Å². The van der Waals surface area contributed by atoms with E-state index in [-0.39, 0.29) is 72.0 Å². The van der Waals surface area contributed by atoms with E-state index in [2.05, 4.69) is 36.4 Å². The van der Waals surface area contributed by atoms with E-state index in [0.29, 0.717) is 73.8 Å². The number of cyclic esters (lactones) is 2. The summed E-state index contributed by atoms with van der Waals surface area (Å²) in [7, 11) is -7.20. The molecule has 0 saturated carbocycles. The average molecular weight is 1820 g/mol. The number of fused-ring (bicyclic) bond motifs is 2. The molecule has 2 N–H and O–H groups in total. The first-order chi connectivity index (χ1) is 60.9. The number of benzene rings is 7. The second kappa shape index (κ2) is 47.4. The van der Waals surface area contributed by atoms with E-state index in [9.17, 15) is 40.8 Å². The number of para-hydroxylation sites is 2. The van der Waals surface area contributed by atoms with Gasteiger partial charge < -0.3 is 43.8 Å². The Bertz CT molecular complexity index is 5270. The number of ether oxygens (including phenoxy) is 7. The van der Waals surface area contributed by atoms with Crippen LogP contribution in [0, 0.1) is 34.6 Å². The van der Waals surface area contributed by atoms with Gasteiger partial charge in [-0.1, -0.05) is 226 Å². The quantitative estimate of drug-likeness (QED) is 0.0335. The number of hydrogen-bond donors (Lipinski definition) is 2. The van der Waals surface area contributed by atoms with Gasteiger partial charge in [0.05, 0.1) is 54.6 Å². The molecule has 7 aromatic rings. The predicted octanol–water partition coefficient (Wildman–Crippen LogP) is 22.1. The molecule has 4 aliphatic heterocycles. The molecular formula is C98H128N8O17S4. The Labute approximate surface area is 760 Å². The molecule has 25 nitrogen and oxygen atoms in total. The van der Waals surface area contributed by atoms with Gasteiger partial charge in [0, 0.05) is 53.5 Å². The van der Waals surface area contributed by atoms with Crippen LogP contribution in [0.5, 0.6) is 23.0 Å². The van der Waals surface area contributed by atoms with Gasteiger partial charge in [0.2, 0.25) is 0 Å². The number of carbonyl (C=O) groups excluding carboxylic acids is 6. The summed E-state index contributed by atoms with van der Waals surface area (Å²) >= 11 is 2.80. The molecule has 0 radical (unpaired) electrons. The van der Waals surface area contributed by atoms with Crippen LogP contribution >= 0.6 is 23.5 Å². The minimum atomic E-state index is -4.35. The number of carbonyl (C=O) groups is 6. The van der Waals surface area contributed by atoms with Crippen molar-refractivity contribution in [3.63, 3.8) is 0 Å². The van der Waals surface area contributed by atoms with Crippen molar-refractivity contribution in [1.82, 2.24) is 18.4 Å². The number of hydrogen-bond acceptors (Lipinski definition) is 21. The third kappa shape index (κ3) is 26.6. The maximum Gasteiger partial charge on any atom is 0.418 e. The van der Waals surface area contributed by atoms with Crippen LogP contribution in [0.4, 0.5) is 32.3 Å². The molecule has 7 aromatic carbocycles. The number of aliphatic imine (C=N–C) groups is 2. The fourth-order valence-electron chi connectivity index (χ4n) is 15.2. The monoisotopic (exact) mass is 1820 g/mol. The highest BCUT2D eigenvalue weighted by Crippen LogP contribution is 2.45. The zero-order valence-corrected chi connectivity index (χ0v) is 79.4. The normalized spacial score (nSPS) is 15.7. The van der Waals surface area contributed by atoms with Gasteiger partial charge in [-0.2, -0.15) is 0 Å². The molecule has 2 unspecified atom stereocenters. The Morgan fingerprint density at radius 2 is 0.819 bits per heavy atom. The third-order valence-corrected chi connectivity index (χ3v) is 28.4. The Kier molecular flexibility index (Phi) is 37.0. The molecule has 0 aromatic heterocycles. The number of aryl methyl sites for hydroxylation is 5. The lowest BCUT2D eigenvalue weighted by molar-refractivity contribution is -0.137. The first kappa shape index (κ1) is 99.2. The molecule has 4 aliphatic rings. The van der Waals surface area contributed by atoms with Gasteiger partial charge >= 0.3 is 12.2 Å². The molecule has 127 heavy (non-hydrogen) atoms. The van der Waals surface area contributed by atoms with Gasteiger partial charge in [-0.25, -0.2) is 46.2 Å². The summed E-state index contributed by atoms with van der Waals surface area (Å²) in [4.78, 5) is 99.1. The molecule has 2 atom stereocenters. The van der Waals surface area contributed by atoms with E-state index in [1.807, 2.05) is 101 Å². The van der Waals surface area contributed by atoms with Crippen molar-refractivity contribution in [3.05, 3.63) is 167 Å². The zero-order valence-electron chi connectivity index (χ0n) is 76.1. The van der Waals surface area contributed by atoms with Crippen molar-refractivity contribution in [3.8, 4) is 23.0 Å². The summed E-state index contributed by atoms with van der Waals surface area (Å²) in [6.07, 6.45) is 23.9. The van der Waals surface area contributed by atoms with Crippen molar-refractivity contribution < 1.29 is 78.8 Å². The molecule has 0 aliphatic carbocycles. The van der Waals surface area contributed by atoms with Gasteiger partial charge in [-0.15, -0.1) is 0 Å². The highest BCUT2D eigenvalue weighted by atomic mass is 32.2. The van der Waals surface area contributed by atoms with Crippen LogP contribution < -0.4 is 29.6 Å². The lowest BCUT2D eigenvalue weighted by atomic mass is 10.1. The van der Waals surface area contributed by atoms with E-state index in [1.54, 1.807) is 48.5 Å². The number of unbranched alkanes of at least 4 members (excludes halogenated alkanes) is 19. The molecule has 686 valence electrons. The number of anilines is 2. The standard InChI is InChI=1S/C58H86N4O9S2.C40H42N4O8S2/c1-7-10-13-16-19-20-21-22-23-28-39-68-40-31-38-61-54(59-47-32-26-27-33-52(47)73(61,66)67)53(62-56(64)58(5,6)71-57(62)65)55(63)60-48-43-45(4)34-37-50(48)72-51-44-46(69-41-29-24-17-14-11-8-2)35-36-49(51)70-42-30-25-18-15-12-9-3;1-24-14-17-31(27(4)21-24)51-20-10-19-43-36(41-29-11-8-9-12-34(29)54(43,48)49)35(44-38(46)40(5,6)52-39(44)47)37(45)42-30-23-28(50-7)16-18-32(30)53-33-22-25(2)13-15-26(33)3/h26-27,32-37,43-44,53H,7-25,28-31,38-42H2,1-6H3,(H,60,63);8-9,11-18,21-23,35H,10,19-20H2,1-7H3,(H,42,45). The third-order valence-electron chi connectivity index (χ3n) is 22.3. The molecule has 11 rings (SSSR count). The van der Waals surface area contributed by atoms with Crippen LogP contribution in [0.2, 0.25) is 0 Å². The van der Waals surface area contributed by atoms with Crippen molar-refractivity contribution in [1.29, 1.82) is 0 Å². The fourth-order valence-corrected chi connectivity index (χ4v) is 20.5.